The third-order valence-corrected chi connectivity index (χ3v) is 3.92. The molecule has 1 aliphatic rings. The van der Waals surface area contributed by atoms with Crippen LogP contribution in [0.15, 0.2) is 48.5 Å². The lowest BCUT2D eigenvalue weighted by Crippen LogP contribution is -2.45. The smallest absolute Gasteiger partial charge is 0.326 e. The van der Waals surface area contributed by atoms with E-state index in [0.29, 0.717) is 13.0 Å². The summed E-state index contributed by atoms with van der Waals surface area (Å²) in [7, 11) is 1.61. The lowest BCUT2D eigenvalue weighted by molar-refractivity contribution is -0.138. The Kier molecular flexibility index (Phi) is 3.52. The third kappa shape index (κ3) is 2.57. The quantitative estimate of drug-likeness (QED) is 0.941. The zero-order chi connectivity index (χ0) is 14.8. The van der Waals surface area contributed by atoms with E-state index in [4.69, 9.17) is 4.74 Å². The van der Waals surface area contributed by atoms with Gasteiger partial charge in [0.15, 0.2) is 0 Å². The minimum Gasteiger partial charge on any atom is -0.497 e. The molecule has 1 unspecified atom stereocenters. The molecule has 21 heavy (non-hydrogen) atoms. The summed E-state index contributed by atoms with van der Waals surface area (Å²) < 4.78 is 5.24. The molecule has 108 valence electrons. The van der Waals surface area contributed by atoms with Gasteiger partial charge in [-0.3, -0.25) is 0 Å². The number of carboxylic acid groups (broad SMARTS) is 1. The largest absolute Gasteiger partial charge is 0.497 e. The van der Waals surface area contributed by atoms with E-state index in [1.165, 1.54) is 5.56 Å². The highest BCUT2D eigenvalue weighted by Gasteiger charge is 2.31. The molecule has 1 heterocycles. The molecule has 0 fully saturated rings. The van der Waals surface area contributed by atoms with Gasteiger partial charge in [-0.1, -0.05) is 30.3 Å². The third-order valence-electron chi connectivity index (χ3n) is 3.92. The molecule has 4 nitrogen and oxygen atoms in total. The molecule has 1 N–H and O–H groups in total. The number of methoxy groups -OCH3 is 1. The molecule has 0 aliphatic carbocycles. The molecule has 1 aliphatic heterocycles. The number of anilines is 1. The monoisotopic (exact) mass is 283 g/mol. The molecule has 3 rings (SSSR count). The molecule has 0 aromatic heterocycles. The topological polar surface area (TPSA) is 49.8 Å². The Morgan fingerprint density at radius 2 is 1.95 bits per heavy atom. The van der Waals surface area contributed by atoms with E-state index in [1.807, 2.05) is 47.4 Å². The molecule has 0 spiro atoms. The van der Waals surface area contributed by atoms with Crippen LogP contribution in [0.3, 0.4) is 0 Å². The van der Waals surface area contributed by atoms with Crippen molar-refractivity contribution in [2.75, 3.05) is 12.0 Å². The van der Waals surface area contributed by atoms with Gasteiger partial charge in [-0.2, -0.15) is 0 Å². The van der Waals surface area contributed by atoms with Crippen molar-refractivity contribution < 1.29 is 14.6 Å². The fourth-order valence-electron chi connectivity index (χ4n) is 2.80. The van der Waals surface area contributed by atoms with Gasteiger partial charge in [0.2, 0.25) is 0 Å². The molecular formula is C17H17NO3. The number of nitrogens with zero attached hydrogens (tertiary/aromatic N) is 1. The van der Waals surface area contributed by atoms with Gasteiger partial charge in [-0.05, 0) is 23.3 Å². The van der Waals surface area contributed by atoms with Gasteiger partial charge in [0, 0.05) is 24.7 Å². The van der Waals surface area contributed by atoms with Gasteiger partial charge >= 0.3 is 5.97 Å². The van der Waals surface area contributed by atoms with Crippen LogP contribution in [0.2, 0.25) is 0 Å². The molecule has 2 aromatic rings. The fourth-order valence-corrected chi connectivity index (χ4v) is 2.80. The van der Waals surface area contributed by atoms with Crippen molar-refractivity contribution in [1.29, 1.82) is 0 Å². The lowest BCUT2D eigenvalue weighted by Gasteiger charge is -2.36. The maximum Gasteiger partial charge on any atom is 0.326 e. The van der Waals surface area contributed by atoms with E-state index in [-0.39, 0.29) is 0 Å². The standard InChI is InChI=1S/C17H17NO3/c1-21-15-8-4-7-14(10-15)18-11-13-6-3-2-5-12(13)9-16(18)17(19)20/h2-8,10,16H,9,11H2,1H3,(H,19,20). The van der Waals surface area contributed by atoms with Gasteiger partial charge in [0.05, 0.1) is 7.11 Å². The van der Waals surface area contributed by atoms with Crippen molar-refractivity contribution in [2.45, 2.75) is 19.0 Å². The van der Waals surface area contributed by atoms with Gasteiger partial charge in [-0.25, -0.2) is 4.79 Å². The molecule has 4 heteroatoms. The number of ether oxygens (including phenoxy) is 1. The summed E-state index contributed by atoms with van der Waals surface area (Å²) in [5, 5.41) is 9.55. The van der Waals surface area contributed by atoms with Crippen molar-refractivity contribution in [1.82, 2.24) is 0 Å². The zero-order valence-corrected chi connectivity index (χ0v) is 11.8. The molecular weight excluding hydrogens is 266 g/mol. The number of fused-ring (bicyclic) bond motifs is 1. The van der Waals surface area contributed by atoms with E-state index in [1.54, 1.807) is 7.11 Å². The summed E-state index contributed by atoms with van der Waals surface area (Å²) in [5.74, 6) is -0.0668. The molecule has 1 atom stereocenters. The van der Waals surface area contributed by atoms with Gasteiger partial charge < -0.3 is 14.7 Å². The summed E-state index contributed by atoms with van der Waals surface area (Å²) >= 11 is 0. The predicted molar refractivity (Wildman–Crippen MR) is 80.7 cm³/mol. The second-order valence-electron chi connectivity index (χ2n) is 5.16. The van der Waals surface area contributed by atoms with Gasteiger partial charge in [-0.15, -0.1) is 0 Å². The number of carbonyl (C=O) groups is 1. The number of rotatable bonds is 3. The Morgan fingerprint density at radius 1 is 1.19 bits per heavy atom. The second kappa shape index (κ2) is 5.48. The number of benzene rings is 2. The average Bonchev–Trinajstić information content (AvgIpc) is 2.53. The van der Waals surface area contributed by atoms with E-state index in [2.05, 4.69) is 6.07 Å². The average molecular weight is 283 g/mol. The first-order chi connectivity index (χ1) is 10.2. The van der Waals surface area contributed by atoms with Crippen molar-refractivity contribution in [3.8, 4) is 5.75 Å². The number of carboxylic acids is 1. The number of hydrogen-bond acceptors (Lipinski definition) is 3. The van der Waals surface area contributed by atoms with Crippen LogP contribution < -0.4 is 9.64 Å². The Hall–Kier alpha value is -2.49. The molecule has 0 saturated heterocycles. The SMILES string of the molecule is COc1cccc(N2Cc3ccccc3CC2C(=O)O)c1. The van der Waals surface area contributed by atoms with Crippen LogP contribution in [-0.4, -0.2) is 24.2 Å². The van der Waals surface area contributed by atoms with Crippen LogP contribution in [0.25, 0.3) is 0 Å². The molecule has 0 bridgehead atoms. The Labute approximate surface area is 123 Å². The Balaban J connectivity index is 2.01. The highest BCUT2D eigenvalue weighted by Crippen LogP contribution is 2.30. The Morgan fingerprint density at radius 3 is 2.67 bits per heavy atom. The fraction of sp³-hybridized carbons (Fsp3) is 0.235. The normalized spacial score (nSPS) is 17.2. The first kappa shape index (κ1) is 13.5. The van der Waals surface area contributed by atoms with Crippen LogP contribution in [0.1, 0.15) is 11.1 Å². The van der Waals surface area contributed by atoms with E-state index < -0.39 is 12.0 Å². The van der Waals surface area contributed by atoms with Crippen molar-refractivity contribution in [2.24, 2.45) is 0 Å². The Bertz CT molecular complexity index is 669. The summed E-state index contributed by atoms with van der Waals surface area (Å²) in [4.78, 5) is 13.6. The molecule has 0 amide bonds. The first-order valence-electron chi connectivity index (χ1n) is 6.89. The van der Waals surface area contributed by atoms with E-state index >= 15 is 0 Å². The predicted octanol–water partition coefficient (Wildman–Crippen LogP) is 2.71. The van der Waals surface area contributed by atoms with Crippen LogP contribution >= 0.6 is 0 Å². The summed E-state index contributed by atoms with van der Waals surface area (Å²) in [6, 6.07) is 15.0. The highest BCUT2D eigenvalue weighted by molar-refractivity contribution is 5.79. The van der Waals surface area contributed by atoms with E-state index in [0.717, 1.165) is 17.0 Å². The van der Waals surface area contributed by atoms with Crippen LogP contribution in [0.5, 0.6) is 5.75 Å². The van der Waals surface area contributed by atoms with Crippen LogP contribution in [-0.2, 0) is 17.8 Å². The lowest BCUT2D eigenvalue weighted by atomic mass is 9.93. The van der Waals surface area contributed by atoms with Crippen LogP contribution in [0.4, 0.5) is 5.69 Å². The highest BCUT2D eigenvalue weighted by atomic mass is 16.5. The maximum atomic E-state index is 11.6. The van der Waals surface area contributed by atoms with E-state index in [9.17, 15) is 9.90 Å². The number of hydrogen-bond donors (Lipinski definition) is 1. The van der Waals surface area contributed by atoms with Crippen molar-refractivity contribution >= 4 is 11.7 Å². The summed E-state index contributed by atoms with van der Waals surface area (Å²) in [6.45, 7) is 0.598. The van der Waals surface area contributed by atoms with Crippen LogP contribution in [0, 0.1) is 0 Å². The van der Waals surface area contributed by atoms with Crippen molar-refractivity contribution in [3.05, 3.63) is 59.7 Å². The summed E-state index contributed by atoms with van der Waals surface area (Å²) in [6.07, 6.45) is 0.517. The minimum absolute atomic E-state index is 0.517. The summed E-state index contributed by atoms with van der Waals surface area (Å²) in [5.41, 5.74) is 3.16. The second-order valence-corrected chi connectivity index (χ2v) is 5.16. The zero-order valence-electron chi connectivity index (χ0n) is 11.8. The van der Waals surface area contributed by atoms with Gasteiger partial charge in [0.1, 0.15) is 11.8 Å². The molecule has 2 aromatic carbocycles. The number of aliphatic carboxylic acids is 1. The maximum absolute atomic E-state index is 11.6. The first-order valence-corrected chi connectivity index (χ1v) is 6.89. The van der Waals surface area contributed by atoms with Gasteiger partial charge in [0.25, 0.3) is 0 Å². The minimum atomic E-state index is -0.799. The van der Waals surface area contributed by atoms with Crippen molar-refractivity contribution in [3.63, 3.8) is 0 Å². The molecule has 0 saturated carbocycles. The molecule has 0 radical (unpaired) electrons.